The molecule has 118 valence electrons. The van der Waals surface area contributed by atoms with Crippen LogP contribution >= 0.6 is 11.8 Å². The second-order valence-electron chi connectivity index (χ2n) is 5.14. The van der Waals surface area contributed by atoms with Crippen molar-refractivity contribution in [2.24, 2.45) is 0 Å². The molecule has 0 aliphatic carbocycles. The number of carbonyl (C=O) groups is 1. The molecule has 0 heterocycles. The third-order valence-corrected chi connectivity index (χ3v) is 4.53. The second-order valence-corrected chi connectivity index (χ2v) is 6.16. The molecule has 0 bridgehead atoms. The van der Waals surface area contributed by atoms with Crippen LogP contribution in [-0.4, -0.2) is 18.8 Å². The fourth-order valence-electron chi connectivity index (χ4n) is 2.39. The smallest absolute Gasteiger partial charge is 0.338 e. The number of thioether (sulfide) groups is 1. The predicted octanol–water partition coefficient (Wildman–Crippen LogP) is 4.77. The Kier molecular flexibility index (Phi) is 5.20. The summed E-state index contributed by atoms with van der Waals surface area (Å²) in [4.78, 5) is 12.6. The molecule has 0 N–H and O–H groups in total. The lowest BCUT2D eigenvalue weighted by Gasteiger charge is -2.04. The number of benzene rings is 3. The Hall–Kier alpha value is -2.70. The van der Waals surface area contributed by atoms with Crippen molar-refractivity contribution in [1.29, 1.82) is 0 Å². The minimum atomic E-state index is -0.319. The maximum atomic E-state index is 11.7. The first kappa shape index (κ1) is 16.2. The molecule has 0 amide bonds. The minimum Gasteiger partial charge on any atom is -0.465 e. The van der Waals surface area contributed by atoms with Gasteiger partial charge >= 0.3 is 5.97 Å². The van der Waals surface area contributed by atoms with E-state index in [0.717, 1.165) is 10.5 Å². The summed E-state index contributed by atoms with van der Waals surface area (Å²) < 4.78 is 4.81. The molecule has 0 spiro atoms. The van der Waals surface area contributed by atoms with Crippen molar-refractivity contribution in [3.63, 3.8) is 0 Å². The molecular weight excluding hydrogens is 316 g/mol. The van der Waals surface area contributed by atoms with Crippen LogP contribution in [0.15, 0.2) is 71.6 Å². The number of rotatable bonds is 3. The van der Waals surface area contributed by atoms with Gasteiger partial charge in [-0.2, -0.15) is 0 Å². The van der Waals surface area contributed by atoms with Gasteiger partial charge in [0.1, 0.15) is 0 Å². The van der Waals surface area contributed by atoms with Gasteiger partial charge in [0.2, 0.25) is 0 Å². The second kappa shape index (κ2) is 7.72. The van der Waals surface area contributed by atoms with E-state index < -0.39 is 0 Å². The molecule has 3 heteroatoms. The molecule has 2 nitrogen and oxygen atoms in total. The first-order valence-electron chi connectivity index (χ1n) is 7.56. The lowest BCUT2D eigenvalue weighted by atomic mass is 10.1. The molecule has 3 aromatic carbocycles. The zero-order valence-corrected chi connectivity index (χ0v) is 14.1. The van der Waals surface area contributed by atoms with E-state index in [4.69, 9.17) is 4.74 Å². The number of ether oxygens (including phenoxy) is 1. The third-order valence-electron chi connectivity index (χ3n) is 3.57. The molecule has 0 radical (unpaired) electrons. The van der Waals surface area contributed by atoms with Gasteiger partial charge in [-0.05, 0) is 35.0 Å². The van der Waals surface area contributed by atoms with Gasteiger partial charge in [-0.1, -0.05) is 54.3 Å². The summed E-state index contributed by atoms with van der Waals surface area (Å²) in [5.41, 5.74) is 1.58. The van der Waals surface area contributed by atoms with E-state index in [2.05, 4.69) is 36.1 Å². The highest BCUT2D eigenvalue weighted by Gasteiger charge is 2.10. The summed E-state index contributed by atoms with van der Waals surface area (Å²) in [5, 5.41) is 2.40. The van der Waals surface area contributed by atoms with E-state index in [1.807, 2.05) is 36.4 Å². The van der Waals surface area contributed by atoms with Gasteiger partial charge < -0.3 is 4.74 Å². The molecular formula is C21H16O2S. The summed E-state index contributed by atoms with van der Waals surface area (Å²) in [5.74, 6) is 6.64. The largest absolute Gasteiger partial charge is 0.465 e. The normalized spacial score (nSPS) is 10.0. The van der Waals surface area contributed by atoms with Crippen molar-refractivity contribution < 1.29 is 9.53 Å². The van der Waals surface area contributed by atoms with E-state index in [1.54, 1.807) is 6.07 Å². The Morgan fingerprint density at radius 3 is 2.58 bits per heavy atom. The number of esters is 1. The average Bonchev–Trinajstić information content (AvgIpc) is 2.65. The lowest BCUT2D eigenvalue weighted by Crippen LogP contribution is -2.02. The standard InChI is InChI=1S/C21H16O2S/c1-23-21(22)19-10-4-5-11-20(19)24-14-6-7-16-12-13-17-8-2-3-9-18(17)15-16/h2-5,8-13,15H,14H2,1H3. The highest BCUT2D eigenvalue weighted by Crippen LogP contribution is 2.23. The quantitative estimate of drug-likeness (QED) is 0.393. The van der Waals surface area contributed by atoms with Gasteiger partial charge in [0, 0.05) is 10.5 Å². The molecule has 0 aliphatic heterocycles. The highest BCUT2D eigenvalue weighted by atomic mass is 32.2. The van der Waals surface area contributed by atoms with Crippen molar-refractivity contribution in [2.45, 2.75) is 4.90 Å². The fraction of sp³-hybridized carbons (Fsp3) is 0.0952. The zero-order valence-electron chi connectivity index (χ0n) is 13.3. The molecule has 0 atom stereocenters. The zero-order chi connectivity index (χ0) is 16.8. The number of hydrogen-bond donors (Lipinski definition) is 0. The number of methoxy groups -OCH3 is 1. The maximum Gasteiger partial charge on any atom is 0.338 e. The van der Waals surface area contributed by atoms with E-state index in [1.165, 1.54) is 29.6 Å². The average molecular weight is 332 g/mol. The first-order valence-corrected chi connectivity index (χ1v) is 8.54. The Bertz CT molecular complexity index is 935. The van der Waals surface area contributed by atoms with Crippen LogP contribution in [0.2, 0.25) is 0 Å². The Morgan fingerprint density at radius 1 is 1.00 bits per heavy atom. The van der Waals surface area contributed by atoms with Crippen molar-refractivity contribution in [1.82, 2.24) is 0 Å². The highest BCUT2D eigenvalue weighted by molar-refractivity contribution is 7.99. The van der Waals surface area contributed by atoms with Crippen LogP contribution < -0.4 is 0 Å². The van der Waals surface area contributed by atoms with E-state index in [-0.39, 0.29) is 5.97 Å². The van der Waals surface area contributed by atoms with Crippen LogP contribution in [0.25, 0.3) is 10.8 Å². The summed E-state index contributed by atoms with van der Waals surface area (Å²) in [6, 6.07) is 21.9. The van der Waals surface area contributed by atoms with Gasteiger partial charge in [-0.15, -0.1) is 11.8 Å². The van der Waals surface area contributed by atoms with Crippen LogP contribution in [0.3, 0.4) is 0 Å². The van der Waals surface area contributed by atoms with E-state index >= 15 is 0 Å². The molecule has 0 fully saturated rings. The monoisotopic (exact) mass is 332 g/mol. The predicted molar refractivity (Wildman–Crippen MR) is 99.3 cm³/mol. The Balaban J connectivity index is 1.71. The summed E-state index contributed by atoms with van der Waals surface area (Å²) in [7, 11) is 1.39. The summed E-state index contributed by atoms with van der Waals surface area (Å²) in [6.45, 7) is 0. The molecule has 3 aromatic rings. The van der Waals surface area contributed by atoms with Crippen molar-refractivity contribution >= 4 is 28.5 Å². The van der Waals surface area contributed by atoms with Crippen LogP contribution in [0, 0.1) is 11.8 Å². The van der Waals surface area contributed by atoms with Gasteiger partial charge in [0.15, 0.2) is 0 Å². The van der Waals surface area contributed by atoms with Gasteiger partial charge in [-0.3, -0.25) is 0 Å². The van der Waals surface area contributed by atoms with E-state index in [0.29, 0.717) is 11.3 Å². The topological polar surface area (TPSA) is 26.3 Å². The molecule has 0 unspecified atom stereocenters. The fourth-order valence-corrected chi connectivity index (χ4v) is 3.17. The molecule has 0 aromatic heterocycles. The van der Waals surface area contributed by atoms with Crippen LogP contribution in [0.4, 0.5) is 0 Å². The molecule has 24 heavy (non-hydrogen) atoms. The van der Waals surface area contributed by atoms with Crippen LogP contribution in [0.1, 0.15) is 15.9 Å². The summed E-state index contributed by atoms with van der Waals surface area (Å²) >= 11 is 1.54. The lowest BCUT2D eigenvalue weighted by molar-refractivity contribution is 0.0597. The Labute approximate surface area is 145 Å². The first-order chi connectivity index (χ1) is 11.8. The Morgan fingerprint density at radius 2 is 1.75 bits per heavy atom. The van der Waals surface area contributed by atoms with Crippen molar-refractivity contribution in [2.75, 3.05) is 12.9 Å². The van der Waals surface area contributed by atoms with Gasteiger partial charge in [0.25, 0.3) is 0 Å². The number of hydrogen-bond acceptors (Lipinski definition) is 3. The molecule has 3 rings (SSSR count). The molecule has 0 saturated heterocycles. The third kappa shape index (κ3) is 3.79. The molecule has 0 aliphatic rings. The van der Waals surface area contributed by atoms with Gasteiger partial charge in [0.05, 0.1) is 18.4 Å². The van der Waals surface area contributed by atoms with Crippen LogP contribution in [-0.2, 0) is 4.74 Å². The van der Waals surface area contributed by atoms with E-state index in [9.17, 15) is 4.79 Å². The van der Waals surface area contributed by atoms with Crippen molar-refractivity contribution in [3.05, 3.63) is 77.9 Å². The minimum absolute atomic E-state index is 0.319. The SMILES string of the molecule is COC(=O)c1ccccc1SCC#Cc1ccc2ccccc2c1. The van der Waals surface area contributed by atoms with Crippen LogP contribution in [0.5, 0.6) is 0 Å². The van der Waals surface area contributed by atoms with Crippen molar-refractivity contribution in [3.8, 4) is 11.8 Å². The maximum absolute atomic E-state index is 11.7. The number of carbonyl (C=O) groups excluding carboxylic acids is 1. The molecule has 0 saturated carbocycles. The van der Waals surface area contributed by atoms with Gasteiger partial charge in [-0.25, -0.2) is 4.79 Å². The number of fused-ring (bicyclic) bond motifs is 1. The summed E-state index contributed by atoms with van der Waals surface area (Å²) in [6.07, 6.45) is 0.